The van der Waals surface area contributed by atoms with Gasteiger partial charge in [-0.2, -0.15) is 0 Å². The van der Waals surface area contributed by atoms with Gasteiger partial charge in [0.15, 0.2) is 5.82 Å². The van der Waals surface area contributed by atoms with Gasteiger partial charge in [0.2, 0.25) is 11.5 Å². The van der Waals surface area contributed by atoms with Crippen LogP contribution in [0.25, 0.3) is 20.7 Å². The molecule has 5 rings (SSSR count). The number of hydrogen-bond donors (Lipinski definition) is 3. The van der Waals surface area contributed by atoms with Gasteiger partial charge in [0.25, 0.3) is 5.91 Å². The summed E-state index contributed by atoms with van der Waals surface area (Å²) in [6.45, 7) is 2.88. The van der Waals surface area contributed by atoms with Crippen LogP contribution in [0.15, 0.2) is 42.6 Å². The van der Waals surface area contributed by atoms with Crippen LogP contribution >= 0.6 is 11.3 Å². The summed E-state index contributed by atoms with van der Waals surface area (Å²) >= 11 is 1.31. The van der Waals surface area contributed by atoms with Crippen molar-refractivity contribution < 1.29 is 18.7 Å². The molecule has 1 aromatic carbocycles. The lowest BCUT2D eigenvalue weighted by atomic mass is 9.93. The van der Waals surface area contributed by atoms with Crippen LogP contribution in [-0.4, -0.2) is 47.1 Å². The number of nitrogens with zero attached hydrogens (tertiary/aromatic N) is 2. The number of fused-ring (bicyclic) bond motifs is 1. The number of thiophene rings is 1. The van der Waals surface area contributed by atoms with Crippen LogP contribution in [0.1, 0.15) is 36.0 Å². The average Bonchev–Trinajstić information content (AvgIpc) is 3.52. The average molecular weight is 496 g/mol. The third kappa shape index (κ3) is 5.03. The minimum atomic E-state index is -1.45. The van der Waals surface area contributed by atoms with E-state index in [2.05, 4.69) is 20.6 Å². The first-order valence-electron chi connectivity index (χ1n) is 11.7. The van der Waals surface area contributed by atoms with Gasteiger partial charge in [0.1, 0.15) is 5.69 Å². The van der Waals surface area contributed by atoms with E-state index in [1.807, 2.05) is 6.07 Å². The molecule has 0 saturated carbocycles. The number of primary amides is 1. The van der Waals surface area contributed by atoms with Crippen LogP contribution in [0.2, 0.25) is 0 Å². The number of carbonyl (C=O) groups is 2. The maximum absolute atomic E-state index is 14.7. The van der Waals surface area contributed by atoms with Gasteiger partial charge in [-0.1, -0.05) is 6.07 Å². The fraction of sp³-hybridized carbons (Fsp3) is 0.360. The second kappa shape index (κ2) is 9.71. The molecule has 4 N–H and O–H groups in total. The zero-order valence-electron chi connectivity index (χ0n) is 19.1. The highest BCUT2D eigenvalue weighted by atomic mass is 32.1. The number of nitrogens with one attached hydrogen (secondary N) is 2. The van der Waals surface area contributed by atoms with Crippen LogP contribution in [0.3, 0.4) is 0 Å². The topological polar surface area (TPSA) is 119 Å². The molecule has 0 spiro atoms. The van der Waals surface area contributed by atoms with Gasteiger partial charge < -0.3 is 21.1 Å². The summed E-state index contributed by atoms with van der Waals surface area (Å²) in [7, 11) is 0. The molecule has 2 aliphatic rings. The molecule has 0 unspecified atom stereocenters. The summed E-state index contributed by atoms with van der Waals surface area (Å²) in [5.74, 6) is -0.857. The molecule has 3 aromatic rings. The molecule has 182 valence electrons. The first-order valence-corrected chi connectivity index (χ1v) is 12.5. The number of benzene rings is 1. The Morgan fingerprint density at radius 2 is 2.09 bits per heavy atom. The van der Waals surface area contributed by atoms with E-state index in [9.17, 15) is 14.0 Å². The standard InChI is InChI=1S/C25H26FN5O3S/c26-18-14-30-24(29-10-2-3-15-6-11-28-12-7-15)31-21(18)20-13-17-16(4-1-5-19(17)35-20)22(32)34-25(8-9-25)23(27)33/h1,4-5,8-9,13-15,28H,2-3,6-7,10-12H2,(H2,27,33)(H,29,30,31). The highest BCUT2D eigenvalue weighted by Crippen LogP contribution is 2.37. The minimum absolute atomic E-state index is 0.166. The molecule has 0 radical (unpaired) electrons. The number of anilines is 1. The Hall–Kier alpha value is -3.37. The highest BCUT2D eigenvalue weighted by Gasteiger charge is 2.45. The number of aromatic nitrogens is 2. The zero-order chi connectivity index (χ0) is 24.4. The van der Waals surface area contributed by atoms with Crippen molar-refractivity contribution in [2.45, 2.75) is 31.3 Å². The van der Waals surface area contributed by atoms with Crippen molar-refractivity contribution in [3.63, 3.8) is 0 Å². The smallest absolute Gasteiger partial charge is 0.340 e. The molecule has 10 heteroatoms. The van der Waals surface area contributed by atoms with Crippen molar-refractivity contribution in [2.24, 2.45) is 11.7 Å². The third-order valence-corrected chi connectivity index (χ3v) is 7.51. The molecule has 35 heavy (non-hydrogen) atoms. The number of carbonyl (C=O) groups excluding carboxylic acids is 2. The molecule has 1 fully saturated rings. The van der Waals surface area contributed by atoms with Crippen LogP contribution in [0, 0.1) is 11.7 Å². The number of amides is 1. The highest BCUT2D eigenvalue weighted by molar-refractivity contribution is 7.22. The molecule has 1 saturated heterocycles. The largest absolute Gasteiger partial charge is 0.437 e. The summed E-state index contributed by atoms with van der Waals surface area (Å²) < 4.78 is 20.8. The monoisotopic (exact) mass is 495 g/mol. The number of piperidine rings is 1. The van der Waals surface area contributed by atoms with Crippen LogP contribution in [0.5, 0.6) is 0 Å². The predicted molar refractivity (Wildman–Crippen MR) is 133 cm³/mol. The number of nitrogens with two attached hydrogens (primary N) is 1. The maximum Gasteiger partial charge on any atom is 0.340 e. The zero-order valence-corrected chi connectivity index (χ0v) is 19.9. The van der Waals surface area contributed by atoms with E-state index in [0.29, 0.717) is 22.8 Å². The van der Waals surface area contributed by atoms with Crippen molar-refractivity contribution in [1.82, 2.24) is 15.3 Å². The van der Waals surface area contributed by atoms with Gasteiger partial charge in [-0.3, -0.25) is 4.79 Å². The SMILES string of the molecule is NC(=O)C1(OC(=O)c2cccc3sc(-c4nc(NCCCC5CCNCC5)ncc4F)cc23)C=C1. The van der Waals surface area contributed by atoms with Gasteiger partial charge in [-0.05, 0) is 75.0 Å². The number of halogens is 1. The summed E-state index contributed by atoms with van der Waals surface area (Å²) in [6, 6.07) is 6.85. The van der Waals surface area contributed by atoms with E-state index in [1.54, 1.807) is 18.2 Å². The predicted octanol–water partition coefficient (Wildman–Crippen LogP) is 3.64. The molecule has 1 amide bonds. The normalized spacial score (nSPS) is 16.8. The van der Waals surface area contributed by atoms with Crippen molar-refractivity contribution in [2.75, 3.05) is 25.0 Å². The number of ether oxygens (including phenoxy) is 1. The van der Waals surface area contributed by atoms with Crippen molar-refractivity contribution in [3.05, 3.63) is 54.0 Å². The number of rotatable bonds is 9. The Kier molecular flexibility index (Phi) is 6.48. The van der Waals surface area contributed by atoms with Gasteiger partial charge in [0, 0.05) is 16.6 Å². The minimum Gasteiger partial charge on any atom is -0.437 e. The van der Waals surface area contributed by atoms with E-state index in [4.69, 9.17) is 10.5 Å². The molecule has 1 aliphatic heterocycles. The van der Waals surface area contributed by atoms with Crippen LogP contribution in [-0.2, 0) is 9.53 Å². The summed E-state index contributed by atoms with van der Waals surface area (Å²) in [5, 5.41) is 7.17. The summed E-state index contributed by atoms with van der Waals surface area (Å²) in [6.07, 6.45) is 8.58. The molecule has 8 nitrogen and oxygen atoms in total. The second-order valence-electron chi connectivity index (χ2n) is 8.86. The Bertz CT molecular complexity index is 1300. The first-order chi connectivity index (χ1) is 16.9. The third-order valence-electron chi connectivity index (χ3n) is 6.41. The second-order valence-corrected chi connectivity index (χ2v) is 9.94. The van der Waals surface area contributed by atoms with Gasteiger partial charge in [-0.25, -0.2) is 19.2 Å². The van der Waals surface area contributed by atoms with Gasteiger partial charge >= 0.3 is 5.97 Å². The molecule has 2 aromatic heterocycles. The Balaban J connectivity index is 1.31. The number of hydrogen-bond acceptors (Lipinski definition) is 8. The van der Waals surface area contributed by atoms with Crippen LogP contribution in [0.4, 0.5) is 10.3 Å². The van der Waals surface area contributed by atoms with E-state index in [-0.39, 0.29) is 11.3 Å². The van der Waals surface area contributed by atoms with Crippen molar-refractivity contribution in [3.8, 4) is 10.6 Å². The van der Waals surface area contributed by atoms with Crippen molar-refractivity contribution in [1.29, 1.82) is 0 Å². The van der Waals surface area contributed by atoms with E-state index >= 15 is 0 Å². The molecule has 1 aliphatic carbocycles. The summed E-state index contributed by atoms with van der Waals surface area (Å²) in [5.41, 5.74) is 4.30. The molecule has 0 atom stereocenters. The fourth-order valence-corrected chi connectivity index (χ4v) is 5.39. The molecular weight excluding hydrogens is 469 g/mol. The quantitative estimate of drug-likeness (QED) is 0.236. The molecule has 0 bridgehead atoms. The van der Waals surface area contributed by atoms with Gasteiger partial charge in [0.05, 0.1) is 16.6 Å². The van der Waals surface area contributed by atoms with E-state index in [1.165, 1.54) is 36.3 Å². The number of esters is 1. The fourth-order valence-electron chi connectivity index (χ4n) is 4.31. The van der Waals surface area contributed by atoms with E-state index in [0.717, 1.165) is 42.7 Å². The molecule has 3 heterocycles. The Morgan fingerprint density at radius 3 is 2.83 bits per heavy atom. The molecular formula is C25H26FN5O3S. The van der Waals surface area contributed by atoms with Crippen molar-refractivity contribution >= 4 is 39.2 Å². The Labute approximate surface area is 205 Å². The lowest BCUT2D eigenvalue weighted by Crippen LogP contribution is -2.36. The van der Waals surface area contributed by atoms with Gasteiger partial charge in [-0.15, -0.1) is 11.3 Å². The van der Waals surface area contributed by atoms with Crippen LogP contribution < -0.4 is 16.4 Å². The Morgan fingerprint density at radius 1 is 1.29 bits per heavy atom. The lowest BCUT2D eigenvalue weighted by molar-refractivity contribution is -0.127. The lowest BCUT2D eigenvalue weighted by Gasteiger charge is -2.22. The first kappa shape index (κ1) is 23.4. The summed E-state index contributed by atoms with van der Waals surface area (Å²) in [4.78, 5) is 33.4. The van der Waals surface area contributed by atoms with E-state index < -0.39 is 23.3 Å². The maximum atomic E-state index is 14.7.